The van der Waals surface area contributed by atoms with Crippen molar-refractivity contribution in [1.29, 1.82) is 0 Å². The Balaban J connectivity index is 2.00. The number of aliphatic hydroxyl groups is 1. The van der Waals surface area contributed by atoms with E-state index in [4.69, 9.17) is 5.11 Å². The number of aliphatic hydroxyl groups excluding tert-OH is 1. The minimum absolute atomic E-state index is 0.00803. The molecule has 0 unspecified atom stereocenters. The van der Waals surface area contributed by atoms with Crippen molar-refractivity contribution in [2.75, 3.05) is 13.2 Å². The van der Waals surface area contributed by atoms with Crippen LogP contribution < -0.4 is 16.6 Å². The van der Waals surface area contributed by atoms with Crippen LogP contribution in [0.1, 0.15) is 29.8 Å². The first-order valence-corrected chi connectivity index (χ1v) is 5.77. The van der Waals surface area contributed by atoms with Gasteiger partial charge in [0.15, 0.2) is 0 Å². The smallest absolute Gasteiger partial charge is 0.326 e. The Bertz CT molecular complexity index is 528. The molecule has 4 N–H and O–H groups in total. The first kappa shape index (κ1) is 12.6. The summed E-state index contributed by atoms with van der Waals surface area (Å²) >= 11 is 0. The summed E-state index contributed by atoms with van der Waals surface area (Å²) in [7, 11) is 0. The van der Waals surface area contributed by atoms with Crippen LogP contribution in [0.3, 0.4) is 0 Å². The molecule has 2 rings (SSSR count). The van der Waals surface area contributed by atoms with Gasteiger partial charge in [0.1, 0.15) is 5.69 Å². The van der Waals surface area contributed by atoms with Crippen LogP contribution in [0.25, 0.3) is 0 Å². The summed E-state index contributed by atoms with van der Waals surface area (Å²) in [4.78, 5) is 38.0. The number of nitrogens with one attached hydrogen (secondary N) is 3. The number of aromatic nitrogens is 2. The number of carbonyl (C=O) groups excluding carboxylic acids is 1. The van der Waals surface area contributed by atoms with E-state index in [-0.39, 0.29) is 17.7 Å². The maximum absolute atomic E-state index is 11.7. The van der Waals surface area contributed by atoms with Gasteiger partial charge in [-0.25, -0.2) is 4.79 Å². The Morgan fingerprint density at radius 3 is 2.67 bits per heavy atom. The Morgan fingerprint density at radius 2 is 2.11 bits per heavy atom. The zero-order chi connectivity index (χ0) is 13.2. The lowest BCUT2D eigenvalue weighted by molar-refractivity contribution is 0.0935. The standard InChI is InChI=1S/C11H15N3O4/c15-4-3-11(1-2-11)6-12-9(17)7-5-8(16)14-10(18)13-7/h5,15H,1-4,6H2,(H,12,17)(H2,13,14,16,18). The highest BCUT2D eigenvalue weighted by molar-refractivity contribution is 5.92. The molecule has 7 nitrogen and oxygen atoms in total. The molecule has 1 saturated carbocycles. The number of aromatic amines is 2. The van der Waals surface area contributed by atoms with Gasteiger partial charge in [-0.3, -0.25) is 14.6 Å². The van der Waals surface area contributed by atoms with Crippen molar-refractivity contribution >= 4 is 5.91 Å². The number of rotatable bonds is 5. The van der Waals surface area contributed by atoms with Gasteiger partial charge in [-0.2, -0.15) is 0 Å². The van der Waals surface area contributed by atoms with Crippen molar-refractivity contribution in [2.24, 2.45) is 5.41 Å². The van der Waals surface area contributed by atoms with Crippen LogP contribution in [0.2, 0.25) is 0 Å². The summed E-state index contributed by atoms with van der Waals surface area (Å²) in [5.74, 6) is -0.484. The molecule has 0 aliphatic heterocycles. The zero-order valence-corrected chi connectivity index (χ0v) is 9.78. The van der Waals surface area contributed by atoms with Crippen LogP contribution in [-0.4, -0.2) is 34.1 Å². The minimum Gasteiger partial charge on any atom is -0.396 e. The van der Waals surface area contributed by atoms with E-state index in [0.717, 1.165) is 18.9 Å². The van der Waals surface area contributed by atoms with E-state index in [9.17, 15) is 14.4 Å². The van der Waals surface area contributed by atoms with E-state index in [1.807, 2.05) is 4.98 Å². The third kappa shape index (κ3) is 2.86. The number of hydrogen-bond donors (Lipinski definition) is 4. The lowest BCUT2D eigenvalue weighted by atomic mass is 10.0. The molecule has 18 heavy (non-hydrogen) atoms. The largest absolute Gasteiger partial charge is 0.396 e. The van der Waals surface area contributed by atoms with Crippen LogP contribution in [-0.2, 0) is 0 Å². The highest BCUT2D eigenvalue weighted by Gasteiger charge is 2.41. The molecule has 1 amide bonds. The van der Waals surface area contributed by atoms with Crippen molar-refractivity contribution in [1.82, 2.24) is 15.3 Å². The Labute approximate surface area is 102 Å². The summed E-state index contributed by atoms with van der Waals surface area (Å²) in [5, 5.41) is 11.6. The quantitative estimate of drug-likeness (QED) is 0.536. The fourth-order valence-corrected chi connectivity index (χ4v) is 1.88. The van der Waals surface area contributed by atoms with Gasteiger partial charge in [-0.1, -0.05) is 0 Å². The maximum atomic E-state index is 11.7. The average Bonchev–Trinajstić information content (AvgIpc) is 3.06. The normalized spacial score (nSPS) is 16.3. The van der Waals surface area contributed by atoms with E-state index < -0.39 is 17.2 Å². The average molecular weight is 253 g/mol. The molecule has 0 bridgehead atoms. The fourth-order valence-electron chi connectivity index (χ4n) is 1.88. The molecule has 1 fully saturated rings. The molecule has 0 radical (unpaired) electrons. The minimum atomic E-state index is -0.704. The van der Waals surface area contributed by atoms with Crippen molar-refractivity contribution in [2.45, 2.75) is 19.3 Å². The molecular weight excluding hydrogens is 238 g/mol. The van der Waals surface area contributed by atoms with Crippen LogP contribution >= 0.6 is 0 Å². The van der Waals surface area contributed by atoms with Crippen molar-refractivity contribution in [3.63, 3.8) is 0 Å². The molecule has 0 saturated heterocycles. The third-order valence-corrected chi connectivity index (χ3v) is 3.23. The molecule has 1 aliphatic rings. The first-order chi connectivity index (χ1) is 8.54. The van der Waals surface area contributed by atoms with Gasteiger partial charge in [0, 0.05) is 19.2 Å². The maximum Gasteiger partial charge on any atom is 0.326 e. The summed E-state index contributed by atoms with van der Waals surface area (Å²) in [5.41, 5.74) is -1.38. The van der Waals surface area contributed by atoms with Gasteiger partial charge in [-0.15, -0.1) is 0 Å². The van der Waals surface area contributed by atoms with Gasteiger partial charge in [0.25, 0.3) is 11.5 Å². The molecule has 0 aromatic carbocycles. The molecule has 7 heteroatoms. The predicted molar refractivity (Wildman–Crippen MR) is 63.4 cm³/mol. The van der Waals surface area contributed by atoms with Gasteiger partial charge >= 0.3 is 5.69 Å². The molecule has 1 aliphatic carbocycles. The van der Waals surface area contributed by atoms with Gasteiger partial charge < -0.3 is 15.4 Å². The summed E-state index contributed by atoms with van der Waals surface area (Å²) in [6, 6.07) is 1.04. The Kier molecular flexibility index (Phi) is 3.33. The predicted octanol–water partition coefficient (Wildman–Crippen LogP) is -1.04. The van der Waals surface area contributed by atoms with Crippen molar-refractivity contribution in [3.05, 3.63) is 32.6 Å². The van der Waals surface area contributed by atoms with E-state index >= 15 is 0 Å². The van der Waals surface area contributed by atoms with Crippen LogP contribution in [0.15, 0.2) is 15.7 Å². The first-order valence-electron chi connectivity index (χ1n) is 5.77. The lowest BCUT2D eigenvalue weighted by Crippen LogP contribution is -2.34. The molecule has 1 heterocycles. The van der Waals surface area contributed by atoms with Gasteiger partial charge in [-0.05, 0) is 24.7 Å². The van der Waals surface area contributed by atoms with Crippen molar-refractivity contribution in [3.8, 4) is 0 Å². The van der Waals surface area contributed by atoms with E-state index in [1.165, 1.54) is 0 Å². The highest BCUT2D eigenvalue weighted by Crippen LogP contribution is 2.47. The second-order valence-corrected chi connectivity index (χ2v) is 4.66. The SMILES string of the molecule is O=C(NCC1(CCO)CC1)c1cc(=O)[nH]c(=O)[nH]1. The molecular formula is C11H15N3O4. The van der Waals surface area contributed by atoms with E-state index in [1.54, 1.807) is 0 Å². The molecule has 0 spiro atoms. The second kappa shape index (κ2) is 4.77. The Hall–Kier alpha value is -1.89. The molecule has 1 aromatic rings. The number of carbonyl (C=O) groups is 1. The second-order valence-electron chi connectivity index (χ2n) is 4.66. The molecule has 98 valence electrons. The molecule has 0 atom stereocenters. The molecule has 1 aromatic heterocycles. The highest BCUT2D eigenvalue weighted by atomic mass is 16.3. The zero-order valence-electron chi connectivity index (χ0n) is 9.78. The number of hydrogen-bond acceptors (Lipinski definition) is 4. The topological polar surface area (TPSA) is 115 Å². The summed E-state index contributed by atoms with van der Waals surface area (Å²) < 4.78 is 0. The van der Waals surface area contributed by atoms with Crippen LogP contribution in [0.4, 0.5) is 0 Å². The third-order valence-electron chi connectivity index (χ3n) is 3.23. The van der Waals surface area contributed by atoms with Gasteiger partial charge in [0.05, 0.1) is 0 Å². The Morgan fingerprint density at radius 1 is 1.39 bits per heavy atom. The van der Waals surface area contributed by atoms with E-state index in [2.05, 4.69) is 10.3 Å². The number of amides is 1. The number of H-pyrrole nitrogens is 2. The van der Waals surface area contributed by atoms with Crippen molar-refractivity contribution < 1.29 is 9.90 Å². The lowest BCUT2D eigenvalue weighted by Gasteiger charge is -2.14. The fraction of sp³-hybridized carbons (Fsp3) is 0.545. The van der Waals surface area contributed by atoms with E-state index in [0.29, 0.717) is 13.0 Å². The van der Waals surface area contributed by atoms with Crippen LogP contribution in [0, 0.1) is 5.41 Å². The van der Waals surface area contributed by atoms with Crippen LogP contribution in [0.5, 0.6) is 0 Å². The van der Waals surface area contributed by atoms with Gasteiger partial charge in [0.2, 0.25) is 0 Å². The summed E-state index contributed by atoms with van der Waals surface area (Å²) in [6.45, 7) is 0.541. The summed E-state index contributed by atoms with van der Waals surface area (Å²) in [6.07, 6.45) is 2.60. The monoisotopic (exact) mass is 253 g/mol.